The number of fused-ring (bicyclic) bond motifs is 1. The lowest BCUT2D eigenvalue weighted by molar-refractivity contribution is 0.250. The van der Waals surface area contributed by atoms with Crippen LogP contribution in [0.25, 0.3) is 5.65 Å². The second kappa shape index (κ2) is 8.57. The van der Waals surface area contributed by atoms with Gasteiger partial charge in [-0.2, -0.15) is 0 Å². The Hall–Kier alpha value is -3.09. The predicted octanol–water partition coefficient (Wildman–Crippen LogP) is 3.52. The lowest BCUT2D eigenvalue weighted by Crippen LogP contribution is -2.45. The molecule has 0 unspecified atom stereocenters. The van der Waals surface area contributed by atoms with E-state index in [2.05, 4.69) is 51.3 Å². The molecular weight excluding hydrogens is 410 g/mol. The Morgan fingerprint density at radius 3 is 2.16 bits per heavy atom. The molecule has 2 aromatic heterocycles. The molecule has 1 saturated heterocycles. The summed E-state index contributed by atoms with van der Waals surface area (Å²) in [6, 6.07) is 22.1. The van der Waals surface area contributed by atoms with Gasteiger partial charge in [0.2, 0.25) is 0 Å². The van der Waals surface area contributed by atoms with Crippen LogP contribution >= 0.6 is 11.6 Å². The summed E-state index contributed by atoms with van der Waals surface area (Å²) in [6.45, 7) is 5.48. The molecule has 0 saturated carbocycles. The third-order valence-corrected chi connectivity index (χ3v) is 6.07. The van der Waals surface area contributed by atoms with Crippen molar-refractivity contribution in [2.75, 3.05) is 31.1 Å². The zero-order valence-electron chi connectivity index (χ0n) is 17.2. The fourth-order valence-corrected chi connectivity index (χ4v) is 4.19. The molecule has 3 heterocycles. The van der Waals surface area contributed by atoms with Crippen molar-refractivity contribution >= 4 is 22.9 Å². The Morgan fingerprint density at radius 1 is 0.806 bits per heavy atom. The normalized spacial score (nSPS) is 14.9. The highest BCUT2D eigenvalue weighted by atomic mass is 35.5. The Balaban J connectivity index is 1.18. The van der Waals surface area contributed by atoms with Gasteiger partial charge in [-0.25, -0.2) is 9.48 Å². The highest BCUT2D eigenvalue weighted by Gasteiger charge is 2.17. The van der Waals surface area contributed by atoms with Crippen molar-refractivity contribution in [3.05, 3.63) is 99.6 Å². The molecule has 0 amide bonds. The number of pyridine rings is 1. The lowest BCUT2D eigenvalue weighted by Gasteiger charge is -2.36. The summed E-state index contributed by atoms with van der Waals surface area (Å²) in [5, 5.41) is 5.18. The van der Waals surface area contributed by atoms with Gasteiger partial charge in [-0.05, 0) is 47.5 Å². The maximum atomic E-state index is 12.5. The molecule has 31 heavy (non-hydrogen) atoms. The number of nitrogens with zero attached hydrogens (tertiary/aromatic N) is 5. The van der Waals surface area contributed by atoms with E-state index in [0.717, 1.165) is 43.3 Å². The van der Waals surface area contributed by atoms with Gasteiger partial charge in [0.1, 0.15) is 0 Å². The van der Waals surface area contributed by atoms with Crippen molar-refractivity contribution in [2.24, 2.45) is 0 Å². The van der Waals surface area contributed by atoms with Gasteiger partial charge in [0.05, 0.1) is 6.54 Å². The molecule has 1 aliphatic rings. The summed E-state index contributed by atoms with van der Waals surface area (Å²) < 4.78 is 3.08. The third-order valence-electron chi connectivity index (χ3n) is 5.81. The van der Waals surface area contributed by atoms with E-state index in [-0.39, 0.29) is 5.69 Å². The molecule has 1 aliphatic heterocycles. The molecule has 0 atom stereocenters. The highest BCUT2D eigenvalue weighted by Crippen LogP contribution is 2.20. The van der Waals surface area contributed by atoms with Crippen LogP contribution in [0.5, 0.6) is 0 Å². The van der Waals surface area contributed by atoms with E-state index < -0.39 is 0 Å². The van der Waals surface area contributed by atoms with E-state index in [1.54, 1.807) is 10.6 Å². The van der Waals surface area contributed by atoms with Gasteiger partial charge in [-0.1, -0.05) is 41.9 Å². The molecule has 4 aromatic rings. The number of anilines is 1. The summed E-state index contributed by atoms with van der Waals surface area (Å²) >= 11 is 6.00. The van der Waals surface area contributed by atoms with E-state index in [0.29, 0.717) is 12.2 Å². The Bertz CT molecular complexity index is 1220. The fraction of sp³-hybridized carbons (Fsp3) is 0.250. The van der Waals surface area contributed by atoms with Gasteiger partial charge in [-0.3, -0.25) is 9.30 Å². The van der Waals surface area contributed by atoms with E-state index in [1.807, 2.05) is 30.3 Å². The van der Waals surface area contributed by atoms with Crippen molar-refractivity contribution in [3.63, 3.8) is 0 Å². The predicted molar refractivity (Wildman–Crippen MR) is 124 cm³/mol. The van der Waals surface area contributed by atoms with Crippen LogP contribution in [0.4, 0.5) is 5.69 Å². The third kappa shape index (κ3) is 4.36. The monoisotopic (exact) mass is 433 g/mol. The van der Waals surface area contributed by atoms with Gasteiger partial charge in [0.15, 0.2) is 5.65 Å². The van der Waals surface area contributed by atoms with Crippen LogP contribution in [0.2, 0.25) is 5.02 Å². The second-order valence-corrected chi connectivity index (χ2v) is 8.36. The number of hydrogen-bond acceptors (Lipinski definition) is 4. The van der Waals surface area contributed by atoms with Crippen molar-refractivity contribution in [1.29, 1.82) is 0 Å². The fourth-order valence-electron chi connectivity index (χ4n) is 4.07. The lowest BCUT2D eigenvalue weighted by atomic mass is 10.1. The van der Waals surface area contributed by atoms with Gasteiger partial charge >= 0.3 is 5.69 Å². The molecule has 5 rings (SSSR count). The number of halogens is 1. The second-order valence-electron chi connectivity index (χ2n) is 7.93. The van der Waals surface area contributed by atoms with E-state index in [4.69, 9.17) is 11.6 Å². The summed E-state index contributed by atoms with van der Waals surface area (Å²) in [5.74, 6) is 0. The SMILES string of the molecule is O=c1n(Cc2ccc(CN3CCN(c4ccc(Cl)cc4)CC3)cc2)nc2ccccn12. The number of piperazine rings is 1. The Kier molecular flexibility index (Phi) is 5.49. The highest BCUT2D eigenvalue weighted by molar-refractivity contribution is 6.30. The van der Waals surface area contributed by atoms with Crippen molar-refractivity contribution < 1.29 is 0 Å². The number of benzene rings is 2. The smallest absolute Gasteiger partial charge is 0.350 e. The molecule has 1 fully saturated rings. The first-order valence-electron chi connectivity index (χ1n) is 10.5. The zero-order valence-corrected chi connectivity index (χ0v) is 17.9. The van der Waals surface area contributed by atoms with E-state index >= 15 is 0 Å². The molecule has 7 heteroatoms. The van der Waals surface area contributed by atoms with Crippen molar-refractivity contribution in [3.8, 4) is 0 Å². The van der Waals surface area contributed by atoms with Crippen LogP contribution in [0.1, 0.15) is 11.1 Å². The van der Waals surface area contributed by atoms with Gasteiger partial charge in [0.25, 0.3) is 0 Å². The summed E-state index contributed by atoms with van der Waals surface area (Å²) in [7, 11) is 0. The van der Waals surface area contributed by atoms with Crippen LogP contribution in [0.3, 0.4) is 0 Å². The minimum atomic E-state index is -0.113. The Labute approximate surface area is 185 Å². The number of rotatable bonds is 5. The largest absolute Gasteiger partial charge is 0.369 e. The molecule has 158 valence electrons. The minimum absolute atomic E-state index is 0.113. The molecule has 0 radical (unpaired) electrons. The molecule has 0 spiro atoms. The summed E-state index contributed by atoms with van der Waals surface area (Å²) in [4.78, 5) is 17.3. The van der Waals surface area contributed by atoms with E-state index in [9.17, 15) is 4.79 Å². The zero-order chi connectivity index (χ0) is 21.2. The molecule has 0 N–H and O–H groups in total. The van der Waals surface area contributed by atoms with Gasteiger partial charge in [-0.15, -0.1) is 5.10 Å². The summed E-state index contributed by atoms with van der Waals surface area (Å²) in [6.07, 6.45) is 1.75. The van der Waals surface area contributed by atoms with Crippen LogP contribution in [-0.2, 0) is 13.1 Å². The number of hydrogen-bond donors (Lipinski definition) is 0. The van der Waals surface area contributed by atoms with E-state index in [1.165, 1.54) is 15.9 Å². The molecule has 0 aliphatic carbocycles. The first kappa shape index (κ1) is 19.8. The topological polar surface area (TPSA) is 45.8 Å². The molecule has 2 aromatic carbocycles. The average molecular weight is 434 g/mol. The number of aromatic nitrogens is 3. The van der Waals surface area contributed by atoms with Crippen LogP contribution < -0.4 is 10.6 Å². The maximum absolute atomic E-state index is 12.5. The molecule has 6 nitrogen and oxygen atoms in total. The standard InChI is InChI=1S/C24H24ClN5O/c25-21-8-10-22(11-9-21)28-15-13-27(14-16-28)17-19-4-6-20(7-5-19)18-30-24(31)29-12-2-1-3-23(29)26-30/h1-12H,13-18H2. The summed E-state index contributed by atoms with van der Waals surface area (Å²) in [5.41, 5.74) is 4.14. The quantitative estimate of drug-likeness (QED) is 0.483. The maximum Gasteiger partial charge on any atom is 0.350 e. The Morgan fingerprint density at radius 2 is 1.48 bits per heavy atom. The van der Waals surface area contributed by atoms with Crippen LogP contribution in [0.15, 0.2) is 77.7 Å². The molecular formula is C24H24ClN5O. The minimum Gasteiger partial charge on any atom is -0.369 e. The van der Waals surface area contributed by atoms with Crippen LogP contribution in [-0.4, -0.2) is 45.3 Å². The van der Waals surface area contributed by atoms with Crippen LogP contribution in [0, 0.1) is 0 Å². The first-order valence-corrected chi connectivity index (χ1v) is 10.9. The average Bonchev–Trinajstić information content (AvgIpc) is 3.12. The van der Waals surface area contributed by atoms with Gasteiger partial charge < -0.3 is 4.90 Å². The van der Waals surface area contributed by atoms with Crippen molar-refractivity contribution in [1.82, 2.24) is 19.1 Å². The molecule has 0 bridgehead atoms. The van der Waals surface area contributed by atoms with Gasteiger partial charge in [0, 0.05) is 49.6 Å². The van der Waals surface area contributed by atoms with Crippen molar-refractivity contribution in [2.45, 2.75) is 13.1 Å². The first-order chi connectivity index (χ1) is 15.2.